The fraction of sp³-hybridized carbons (Fsp3) is 0. The third-order valence-electron chi connectivity index (χ3n) is 0. The summed E-state index contributed by atoms with van der Waals surface area (Å²) < 4.78 is 8.74. The van der Waals surface area contributed by atoms with Crippen LogP contribution in [0.25, 0.3) is 0 Å². The minimum absolute atomic E-state index is 0. The van der Waals surface area contributed by atoms with Crippen LogP contribution in [0.4, 0.5) is 0 Å². The Labute approximate surface area is 87.6 Å². The molecule has 0 atom stereocenters. The zero-order chi connectivity index (χ0) is 3.58. The first-order valence-electron chi connectivity index (χ1n) is 0.651. The Morgan fingerprint density at radius 1 is 1.33 bits per heavy atom. The van der Waals surface area contributed by atoms with E-state index in [4.69, 9.17) is 14.1 Å². The molecule has 0 aromatic carbocycles. The van der Waals surface area contributed by atoms with Gasteiger partial charge in [0.1, 0.15) is 0 Å². The van der Waals surface area contributed by atoms with E-state index < -0.39 is 9.17 Å². The maximum Gasteiger partial charge on any atom is 0 e. The summed E-state index contributed by atoms with van der Waals surface area (Å²) in [6.45, 7) is 0. The van der Waals surface area contributed by atoms with Gasteiger partial charge in [0.15, 0.2) is 0 Å². The molecule has 0 fully saturated rings. The van der Waals surface area contributed by atoms with Crippen molar-refractivity contribution in [1.82, 2.24) is 0 Å². The van der Waals surface area contributed by atoms with Crippen LogP contribution >= 0.6 is 0 Å². The first-order valence-corrected chi connectivity index (χ1v) is 1.95. The quantitative estimate of drug-likeness (QED) is 0.479. The third kappa shape index (κ3) is 43.4. The van der Waals surface area contributed by atoms with E-state index in [1.54, 1.807) is 0 Å². The third-order valence-corrected chi connectivity index (χ3v) is 0. The summed E-state index contributed by atoms with van der Waals surface area (Å²) in [7, 11) is -3.13. The molecule has 0 saturated carbocycles. The molecule has 0 spiro atoms. The summed E-state index contributed by atoms with van der Waals surface area (Å²) in [5.41, 5.74) is 0. The molecule has 0 aliphatic heterocycles. The van der Waals surface area contributed by atoms with E-state index in [0.717, 1.165) is 0 Å². The van der Waals surface area contributed by atoms with Crippen LogP contribution in [0.5, 0.6) is 0 Å². The van der Waals surface area contributed by atoms with Crippen LogP contribution in [-0.4, -0.2) is 67.6 Å². The molecule has 0 amide bonds. The molecule has 0 aliphatic rings. The fourth-order valence-corrected chi connectivity index (χ4v) is 0. The molecule has 2 N–H and O–H groups in total. The van der Waals surface area contributed by atoms with Crippen molar-refractivity contribution < 1.29 is 31.1 Å². The molecule has 0 aromatic rings. The molecule has 0 aliphatic carbocycles. The van der Waals surface area contributed by atoms with Crippen molar-refractivity contribution in [2.45, 2.75) is 0 Å². The van der Waals surface area contributed by atoms with Crippen LogP contribution in [0.15, 0.2) is 0 Å². The molecule has 0 heterocycles. The smallest absolute Gasteiger partial charge is 0 e. The summed E-state index contributed by atoms with van der Waals surface area (Å²) in [6, 6.07) is 0. The monoisotopic (exact) mass is 274 g/mol. The van der Waals surface area contributed by atoms with Gasteiger partial charge in [0.2, 0.25) is 0 Å². The van der Waals surface area contributed by atoms with Crippen molar-refractivity contribution in [2.75, 3.05) is 0 Å². The number of hydrogen-bond donors (Lipinski definition) is 2. The second-order valence-corrected chi connectivity index (χ2v) is 0.848. The molecule has 0 radical (unpaired) electrons. The second-order valence-electron chi connectivity index (χ2n) is 0.283. The molecule has 0 aromatic heterocycles. The van der Waals surface area contributed by atoms with Crippen molar-refractivity contribution >= 4 is 58.1 Å². The van der Waals surface area contributed by atoms with Crippen molar-refractivity contribution in [1.29, 1.82) is 0 Å². The van der Waals surface area contributed by atoms with E-state index in [1.165, 1.54) is 0 Å². The minimum Gasteiger partial charge on any atom is 0 e. The van der Waals surface area contributed by atoms with Gasteiger partial charge in [-0.05, 0) is 0 Å². The average Bonchev–Trinajstić information content (AvgIpc) is 0.811. The van der Waals surface area contributed by atoms with Gasteiger partial charge in [-0.25, -0.2) is 0 Å². The van der Waals surface area contributed by atoms with Crippen molar-refractivity contribution in [3.8, 4) is 0 Å². The van der Waals surface area contributed by atoms with Crippen molar-refractivity contribution in [2.24, 2.45) is 0 Å². The Morgan fingerprint density at radius 2 is 1.33 bits per heavy atom. The summed E-state index contributed by atoms with van der Waals surface area (Å²) in [5, 5.41) is 0. The predicted molar refractivity (Wildman–Crippen MR) is 19.4 cm³/mol. The SMILES string of the molecule is O=[Si](O)O.[BaH2].[Fe]. The number of rotatable bonds is 0. The van der Waals surface area contributed by atoms with Crippen LogP contribution < -0.4 is 0 Å². The van der Waals surface area contributed by atoms with Gasteiger partial charge in [0, 0.05) is 17.1 Å². The second kappa shape index (κ2) is 9.86. The summed E-state index contributed by atoms with van der Waals surface area (Å²) in [6.07, 6.45) is 0. The Morgan fingerprint density at radius 3 is 1.33 bits per heavy atom. The Hall–Kier alpha value is 1.71. The van der Waals surface area contributed by atoms with E-state index in [0.29, 0.717) is 0 Å². The van der Waals surface area contributed by atoms with E-state index >= 15 is 0 Å². The molecule has 6 heteroatoms. The van der Waals surface area contributed by atoms with Crippen LogP contribution in [0.2, 0.25) is 0 Å². The zero-order valence-corrected chi connectivity index (χ0v) is 4.26. The maximum atomic E-state index is 8.74. The van der Waals surface area contributed by atoms with Crippen molar-refractivity contribution in [3.63, 3.8) is 0 Å². The van der Waals surface area contributed by atoms with Gasteiger partial charge < -0.3 is 9.59 Å². The first-order chi connectivity index (χ1) is 1.73. The predicted octanol–water partition coefficient (Wildman–Crippen LogP) is -2.53. The van der Waals surface area contributed by atoms with Crippen LogP contribution in [0.1, 0.15) is 0 Å². The molecule has 0 rings (SSSR count). The van der Waals surface area contributed by atoms with Gasteiger partial charge >= 0.3 is 58.1 Å². The van der Waals surface area contributed by atoms with E-state index in [-0.39, 0.29) is 65.9 Å². The van der Waals surface area contributed by atoms with Gasteiger partial charge in [-0.1, -0.05) is 0 Å². The fourth-order valence-electron chi connectivity index (χ4n) is 0. The van der Waals surface area contributed by atoms with Crippen LogP contribution in [0, 0.1) is 0 Å². The van der Waals surface area contributed by atoms with Crippen LogP contribution in [0.3, 0.4) is 0 Å². The Bertz CT molecular complexity index is 33.8. The standard InChI is InChI=1S/Ba.Fe.H2O3Si.2H/c;;1-4(2)3;;/h;;1-2H;;. The topological polar surface area (TPSA) is 57.5 Å². The first kappa shape index (κ1) is 15.6. The van der Waals surface area contributed by atoms with E-state index in [9.17, 15) is 0 Å². The number of hydrogen-bond acceptors (Lipinski definition) is 1. The Balaban J connectivity index is -0.0000000450. The normalized spacial score (nSPS) is 4.00. The molecule has 0 bridgehead atoms. The minimum atomic E-state index is -3.13. The van der Waals surface area contributed by atoms with Gasteiger partial charge in [-0.2, -0.15) is 0 Å². The summed E-state index contributed by atoms with van der Waals surface area (Å²) in [5.74, 6) is 0. The van der Waals surface area contributed by atoms with Gasteiger partial charge in [-0.3, -0.25) is 4.46 Å². The molecular weight excluding hydrogens is 269 g/mol. The summed E-state index contributed by atoms with van der Waals surface area (Å²) >= 11 is 0. The van der Waals surface area contributed by atoms with E-state index in [1.807, 2.05) is 0 Å². The largest absolute Gasteiger partial charge is 0 e. The molecule has 0 unspecified atom stereocenters. The molecule has 6 heavy (non-hydrogen) atoms. The molecule has 36 valence electrons. The molecule has 0 saturated heterocycles. The van der Waals surface area contributed by atoms with Gasteiger partial charge in [0.05, 0.1) is 0 Å². The average molecular weight is 273 g/mol. The van der Waals surface area contributed by atoms with Gasteiger partial charge in [0.25, 0.3) is 0 Å². The molecule has 3 nitrogen and oxygen atoms in total. The van der Waals surface area contributed by atoms with Crippen LogP contribution in [-0.2, 0) is 21.5 Å². The maximum absolute atomic E-state index is 8.74. The summed E-state index contributed by atoms with van der Waals surface area (Å²) in [4.78, 5) is 14.3. The Kier molecular flexibility index (Phi) is 25.7. The molecular formula is H4BaFeO3Si. The van der Waals surface area contributed by atoms with Crippen molar-refractivity contribution in [3.05, 3.63) is 0 Å². The van der Waals surface area contributed by atoms with Gasteiger partial charge in [-0.15, -0.1) is 0 Å². The van der Waals surface area contributed by atoms with E-state index in [2.05, 4.69) is 0 Å². The zero-order valence-electron chi connectivity index (χ0n) is 2.16.